The predicted octanol–water partition coefficient (Wildman–Crippen LogP) is 2.65. The second-order valence-corrected chi connectivity index (χ2v) is 6.28. The molecular weight excluding hydrogens is 286 g/mol. The first-order chi connectivity index (χ1) is 10.7. The minimum Gasteiger partial charge on any atom is -0.381 e. The number of rotatable bonds is 3. The fourth-order valence-electron chi connectivity index (χ4n) is 3.63. The van der Waals surface area contributed by atoms with Crippen LogP contribution in [-0.2, 0) is 4.74 Å². The number of hydrogen-bond donors (Lipinski definition) is 1. The summed E-state index contributed by atoms with van der Waals surface area (Å²) in [5.74, 6) is -1.05. The fourth-order valence-corrected chi connectivity index (χ4v) is 3.63. The van der Waals surface area contributed by atoms with E-state index in [4.69, 9.17) is 4.74 Å². The van der Waals surface area contributed by atoms with Gasteiger partial charge in [-0.05, 0) is 31.2 Å². The number of nitrogens with one attached hydrogen (secondary N) is 1. The summed E-state index contributed by atoms with van der Waals surface area (Å²) in [5.41, 5.74) is 0.879. The highest BCUT2D eigenvalue weighted by Crippen LogP contribution is 2.37. The van der Waals surface area contributed by atoms with Crippen LogP contribution in [-0.4, -0.2) is 44.3 Å². The Hall–Kier alpha value is -1.04. The van der Waals surface area contributed by atoms with Crippen molar-refractivity contribution in [1.82, 2.24) is 10.2 Å². The molecular formula is C17H24F2N2O. The van der Waals surface area contributed by atoms with Crippen LogP contribution in [0.3, 0.4) is 0 Å². The van der Waals surface area contributed by atoms with Crippen molar-refractivity contribution >= 4 is 0 Å². The van der Waals surface area contributed by atoms with Gasteiger partial charge in [0.15, 0.2) is 11.6 Å². The van der Waals surface area contributed by atoms with Crippen LogP contribution in [0.15, 0.2) is 12.1 Å². The van der Waals surface area contributed by atoms with Crippen LogP contribution in [0.25, 0.3) is 0 Å². The molecule has 0 saturated carbocycles. The molecule has 22 heavy (non-hydrogen) atoms. The first-order valence-corrected chi connectivity index (χ1v) is 8.15. The van der Waals surface area contributed by atoms with Gasteiger partial charge < -0.3 is 10.1 Å². The van der Waals surface area contributed by atoms with Gasteiger partial charge in [-0.15, -0.1) is 0 Å². The molecule has 0 aromatic heterocycles. The predicted molar refractivity (Wildman–Crippen MR) is 81.8 cm³/mol. The van der Waals surface area contributed by atoms with Gasteiger partial charge >= 0.3 is 0 Å². The third-order valence-electron chi connectivity index (χ3n) is 4.88. The number of ether oxygens (including phenoxy) is 1. The first-order valence-electron chi connectivity index (χ1n) is 8.15. The summed E-state index contributed by atoms with van der Waals surface area (Å²) in [5, 5.41) is 3.32. The average Bonchev–Trinajstić information content (AvgIpc) is 2.57. The quantitative estimate of drug-likeness (QED) is 0.929. The summed E-state index contributed by atoms with van der Waals surface area (Å²) in [4.78, 5) is 2.31. The van der Waals surface area contributed by atoms with Gasteiger partial charge in [0.2, 0.25) is 0 Å². The zero-order valence-corrected chi connectivity index (χ0v) is 13.1. The maximum atomic E-state index is 14.6. The molecule has 122 valence electrons. The molecule has 0 aliphatic carbocycles. The normalized spacial score (nSPS) is 22.7. The van der Waals surface area contributed by atoms with Gasteiger partial charge in [-0.1, -0.05) is 12.1 Å². The molecule has 1 atom stereocenters. The lowest BCUT2D eigenvalue weighted by Crippen LogP contribution is -2.47. The van der Waals surface area contributed by atoms with Crippen molar-refractivity contribution in [1.29, 1.82) is 0 Å². The van der Waals surface area contributed by atoms with Crippen LogP contribution in [0, 0.1) is 24.5 Å². The zero-order valence-electron chi connectivity index (χ0n) is 13.1. The lowest BCUT2D eigenvalue weighted by molar-refractivity contribution is 0.0201. The van der Waals surface area contributed by atoms with Crippen molar-refractivity contribution < 1.29 is 13.5 Å². The fraction of sp³-hybridized carbons (Fsp3) is 0.647. The molecule has 2 aliphatic heterocycles. The van der Waals surface area contributed by atoms with Crippen molar-refractivity contribution in [2.45, 2.75) is 25.8 Å². The number of piperazine rings is 1. The van der Waals surface area contributed by atoms with E-state index in [1.807, 2.05) is 0 Å². The highest BCUT2D eigenvalue weighted by atomic mass is 19.2. The summed E-state index contributed by atoms with van der Waals surface area (Å²) in [6, 6.07) is 3.42. The Morgan fingerprint density at radius 2 is 1.82 bits per heavy atom. The first kappa shape index (κ1) is 15.8. The maximum Gasteiger partial charge on any atom is 0.163 e. The van der Waals surface area contributed by atoms with E-state index in [0.717, 1.165) is 39.0 Å². The van der Waals surface area contributed by atoms with Gasteiger partial charge in [-0.2, -0.15) is 0 Å². The van der Waals surface area contributed by atoms with Gasteiger partial charge in [0.05, 0.1) is 0 Å². The van der Waals surface area contributed by atoms with E-state index in [2.05, 4.69) is 10.2 Å². The third-order valence-corrected chi connectivity index (χ3v) is 4.88. The topological polar surface area (TPSA) is 24.5 Å². The van der Waals surface area contributed by atoms with Crippen LogP contribution in [0.4, 0.5) is 8.78 Å². The van der Waals surface area contributed by atoms with E-state index in [1.165, 1.54) is 0 Å². The van der Waals surface area contributed by atoms with Crippen molar-refractivity contribution in [3.8, 4) is 0 Å². The molecule has 2 heterocycles. The second-order valence-electron chi connectivity index (χ2n) is 6.28. The van der Waals surface area contributed by atoms with E-state index < -0.39 is 11.6 Å². The van der Waals surface area contributed by atoms with Crippen molar-refractivity contribution in [2.75, 3.05) is 39.4 Å². The molecule has 0 spiro atoms. The van der Waals surface area contributed by atoms with E-state index in [9.17, 15) is 8.78 Å². The summed E-state index contributed by atoms with van der Waals surface area (Å²) in [7, 11) is 0. The number of hydrogen-bond acceptors (Lipinski definition) is 3. The summed E-state index contributed by atoms with van der Waals surface area (Å²) >= 11 is 0. The molecule has 0 unspecified atom stereocenters. The summed E-state index contributed by atoms with van der Waals surface area (Å²) in [6.45, 7) is 6.57. The van der Waals surface area contributed by atoms with Gasteiger partial charge in [0, 0.05) is 51.0 Å². The van der Waals surface area contributed by atoms with Crippen molar-refractivity contribution in [2.24, 2.45) is 5.92 Å². The van der Waals surface area contributed by atoms with E-state index in [1.54, 1.807) is 19.1 Å². The van der Waals surface area contributed by atoms with Crippen molar-refractivity contribution in [3.05, 3.63) is 34.9 Å². The third kappa shape index (κ3) is 3.16. The monoisotopic (exact) mass is 310 g/mol. The number of aryl methyl sites for hydroxylation is 1. The Bertz CT molecular complexity index is 494. The second kappa shape index (κ2) is 7.02. The molecule has 5 heteroatoms. The lowest BCUT2D eigenvalue weighted by atomic mass is 9.85. The van der Waals surface area contributed by atoms with Crippen LogP contribution in [0.5, 0.6) is 0 Å². The molecule has 3 rings (SSSR count). The average molecular weight is 310 g/mol. The zero-order chi connectivity index (χ0) is 15.5. The minimum atomic E-state index is -0.704. The summed E-state index contributed by atoms with van der Waals surface area (Å²) < 4.78 is 34.1. The Morgan fingerprint density at radius 3 is 2.50 bits per heavy atom. The molecule has 0 bridgehead atoms. The Balaban J connectivity index is 1.94. The molecule has 2 saturated heterocycles. The Labute approximate surface area is 130 Å². The van der Waals surface area contributed by atoms with E-state index in [0.29, 0.717) is 30.3 Å². The van der Waals surface area contributed by atoms with Crippen LogP contribution >= 0.6 is 0 Å². The molecule has 2 fully saturated rings. The van der Waals surface area contributed by atoms with Crippen LogP contribution in [0.2, 0.25) is 0 Å². The van der Waals surface area contributed by atoms with Crippen LogP contribution < -0.4 is 5.32 Å². The molecule has 1 aromatic rings. The van der Waals surface area contributed by atoms with Gasteiger partial charge in [-0.25, -0.2) is 8.78 Å². The molecule has 1 N–H and O–H groups in total. The Kier molecular flexibility index (Phi) is 5.06. The molecule has 0 radical (unpaired) electrons. The number of halogens is 2. The maximum absolute atomic E-state index is 14.6. The lowest BCUT2D eigenvalue weighted by Gasteiger charge is -2.41. The van der Waals surface area contributed by atoms with Gasteiger partial charge in [0.1, 0.15) is 0 Å². The number of nitrogens with zero attached hydrogens (tertiary/aromatic N) is 1. The van der Waals surface area contributed by atoms with Gasteiger partial charge in [0.25, 0.3) is 0 Å². The van der Waals surface area contributed by atoms with Crippen molar-refractivity contribution in [3.63, 3.8) is 0 Å². The SMILES string of the molecule is Cc1ccc([C@@H](C2CCOCC2)N2CCNCC2)c(F)c1F. The molecule has 1 aromatic carbocycles. The van der Waals surface area contributed by atoms with E-state index in [-0.39, 0.29) is 6.04 Å². The Morgan fingerprint density at radius 1 is 1.14 bits per heavy atom. The largest absolute Gasteiger partial charge is 0.381 e. The van der Waals surface area contributed by atoms with Gasteiger partial charge in [-0.3, -0.25) is 4.90 Å². The molecule has 0 amide bonds. The smallest absolute Gasteiger partial charge is 0.163 e. The summed E-state index contributed by atoms with van der Waals surface area (Å²) in [6.07, 6.45) is 1.81. The highest BCUT2D eigenvalue weighted by molar-refractivity contribution is 5.28. The standard InChI is InChI=1S/C17H24F2N2O/c1-12-2-3-14(16(19)15(12)18)17(13-4-10-22-11-5-13)21-8-6-20-7-9-21/h2-3,13,17,20H,4-11H2,1H3/t17-/m1/s1. The highest BCUT2D eigenvalue weighted by Gasteiger charge is 2.33. The molecule has 2 aliphatic rings. The number of benzene rings is 1. The molecule has 3 nitrogen and oxygen atoms in total. The van der Waals surface area contributed by atoms with Crippen LogP contribution in [0.1, 0.15) is 30.0 Å². The van der Waals surface area contributed by atoms with E-state index >= 15 is 0 Å². The minimum absolute atomic E-state index is 0.0545.